The number of ether oxygens (including phenoxy) is 5. The number of aryl methyl sites for hydroxylation is 1. The van der Waals surface area contributed by atoms with Crippen LogP contribution in [0.5, 0.6) is 0 Å². The summed E-state index contributed by atoms with van der Waals surface area (Å²) in [5, 5.41) is 37.7. The highest BCUT2D eigenvalue weighted by atomic mass is 32.1. The first kappa shape index (κ1) is 54.7. The molecule has 0 fully saturated rings. The van der Waals surface area contributed by atoms with Crippen LogP contribution in [0.4, 0.5) is 16.4 Å². The second-order valence-corrected chi connectivity index (χ2v) is 17.1. The summed E-state index contributed by atoms with van der Waals surface area (Å²) in [6, 6.07) is 9.96. The van der Waals surface area contributed by atoms with Crippen molar-refractivity contribution >= 4 is 45.6 Å². The molecule has 0 saturated carbocycles. The average Bonchev–Trinajstić information content (AvgIpc) is 3.58. The van der Waals surface area contributed by atoms with Gasteiger partial charge in [-0.2, -0.15) is 10.5 Å². The molecule has 2 aromatic rings. The Morgan fingerprint density at radius 2 is 1.25 bits per heavy atom. The molecule has 0 bridgehead atoms. The van der Waals surface area contributed by atoms with E-state index >= 15 is 0 Å². The third-order valence-corrected chi connectivity index (χ3v) is 11.8. The van der Waals surface area contributed by atoms with Crippen LogP contribution in [-0.4, -0.2) is 89.0 Å². The molecule has 1 aromatic carbocycles. The van der Waals surface area contributed by atoms with E-state index < -0.39 is 17.9 Å². The van der Waals surface area contributed by atoms with Gasteiger partial charge in [0.1, 0.15) is 30.2 Å². The van der Waals surface area contributed by atoms with Crippen LogP contribution in [0.15, 0.2) is 28.4 Å². The smallest absolute Gasteiger partial charge is 0.307 e. The summed E-state index contributed by atoms with van der Waals surface area (Å²) < 4.78 is 28.0. The lowest BCUT2D eigenvalue weighted by molar-refractivity contribution is -0.152. The Balaban J connectivity index is 1.85. The number of rotatable bonds is 37. The van der Waals surface area contributed by atoms with Gasteiger partial charge in [-0.05, 0) is 55.5 Å². The molecule has 0 spiro atoms. The number of aliphatic carboxylic acids is 1. The zero-order valence-electron chi connectivity index (χ0n) is 38.6. The number of carboxylic acids is 1. The standard InChI is InChI=1S/C48H73N5O9S/c1-6-8-10-12-14-16-18-37(3)32-45(54)61-31-29-60-27-26-58-24-22-53(23-25-59-28-30-62-46(55)34-40(48(56)57)19-17-15-13-11-9-7-2)41-20-21-43(38(4)33-41)51-52-47-42(35-49)39(5)44(36-50)63-47/h20-21,33,37,40H,6-19,22-32,34H2,1-5H3,(H,56,57)/b52-51+. The van der Waals surface area contributed by atoms with Crippen LogP contribution >= 0.6 is 11.3 Å². The van der Waals surface area contributed by atoms with Gasteiger partial charge in [-0.15, -0.1) is 21.6 Å². The van der Waals surface area contributed by atoms with E-state index in [2.05, 4.69) is 48.0 Å². The topological polar surface area (TPSA) is 193 Å². The summed E-state index contributed by atoms with van der Waals surface area (Å²) in [5.74, 6) is -2.15. The minimum Gasteiger partial charge on any atom is -0.481 e. The number of thiophene rings is 1. The van der Waals surface area contributed by atoms with Gasteiger partial charge in [-0.3, -0.25) is 14.4 Å². The summed E-state index contributed by atoms with van der Waals surface area (Å²) in [6.07, 6.45) is 15.5. The molecule has 2 rings (SSSR count). The molecule has 15 heteroatoms. The number of nitriles is 2. The van der Waals surface area contributed by atoms with E-state index in [0.717, 1.165) is 67.5 Å². The van der Waals surface area contributed by atoms with Crippen molar-refractivity contribution in [2.24, 2.45) is 22.1 Å². The Morgan fingerprint density at radius 1 is 0.714 bits per heavy atom. The van der Waals surface area contributed by atoms with E-state index in [0.29, 0.717) is 91.6 Å². The highest BCUT2D eigenvalue weighted by Gasteiger charge is 2.22. The van der Waals surface area contributed by atoms with E-state index in [9.17, 15) is 30.0 Å². The molecule has 63 heavy (non-hydrogen) atoms. The summed E-state index contributed by atoms with van der Waals surface area (Å²) in [7, 11) is 0. The number of esters is 2. The van der Waals surface area contributed by atoms with Gasteiger partial charge in [0.05, 0.1) is 63.2 Å². The lowest BCUT2D eigenvalue weighted by Gasteiger charge is -2.25. The number of benzene rings is 1. The Bertz CT molecular complexity index is 1740. The van der Waals surface area contributed by atoms with Gasteiger partial charge in [0.2, 0.25) is 0 Å². The SMILES string of the molecule is CCCCCCCCC(C)CC(=O)OCCOCCOCCN(CCOCCOC(=O)CC(CCCCCCCC)C(=O)O)c1ccc(/N=N/c2sc(C#N)c(C)c2C#N)c(C)c1. The fraction of sp³-hybridized carbons (Fsp3) is 0.688. The van der Waals surface area contributed by atoms with E-state index in [1.807, 2.05) is 25.1 Å². The second-order valence-electron chi connectivity index (χ2n) is 16.1. The van der Waals surface area contributed by atoms with Crippen LogP contribution < -0.4 is 4.90 Å². The molecule has 350 valence electrons. The fourth-order valence-corrected chi connectivity index (χ4v) is 7.77. The third-order valence-electron chi connectivity index (χ3n) is 10.7. The Hall–Kier alpha value is -4.41. The lowest BCUT2D eigenvalue weighted by atomic mass is 9.97. The van der Waals surface area contributed by atoms with Crippen molar-refractivity contribution < 1.29 is 43.2 Å². The number of carboxylic acid groups (broad SMARTS) is 1. The molecule has 0 aliphatic rings. The first-order valence-electron chi connectivity index (χ1n) is 23.0. The maximum Gasteiger partial charge on any atom is 0.307 e. The summed E-state index contributed by atoms with van der Waals surface area (Å²) >= 11 is 1.13. The molecule has 0 saturated heterocycles. The lowest BCUT2D eigenvalue weighted by Crippen LogP contribution is -2.31. The van der Waals surface area contributed by atoms with Crippen LogP contribution in [-0.2, 0) is 38.1 Å². The monoisotopic (exact) mass is 896 g/mol. The van der Waals surface area contributed by atoms with Crippen LogP contribution in [0.3, 0.4) is 0 Å². The van der Waals surface area contributed by atoms with Gasteiger partial charge in [-0.1, -0.05) is 104 Å². The fourth-order valence-electron chi connectivity index (χ4n) is 6.89. The highest BCUT2D eigenvalue weighted by Crippen LogP contribution is 2.36. The first-order valence-corrected chi connectivity index (χ1v) is 23.8. The Morgan fingerprint density at radius 3 is 1.81 bits per heavy atom. The molecule has 14 nitrogen and oxygen atoms in total. The van der Waals surface area contributed by atoms with Crippen molar-refractivity contribution in [2.45, 2.75) is 137 Å². The van der Waals surface area contributed by atoms with Crippen molar-refractivity contribution in [1.29, 1.82) is 10.5 Å². The molecule has 0 aliphatic carbocycles. The molecular formula is C48H73N5O9S. The van der Waals surface area contributed by atoms with Gasteiger partial charge < -0.3 is 33.7 Å². The van der Waals surface area contributed by atoms with Gasteiger partial charge in [0, 0.05) is 25.2 Å². The quantitative estimate of drug-likeness (QED) is 0.0384. The minimum absolute atomic E-state index is 0.0226. The molecule has 2 unspecified atom stereocenters. The number of unbranched alkanes of at least 4 members (excludes halogenated alkanes) is 10. The first-order chi connectivity index (χ1) is 30.5. The number of nitrogens with zero attached hydrogens (tertiary/aromatic N) is 5. The van der Waals surface area contributed by atoms with Crippen molar-refractivity contribution in [1.82, 2.24) is 0 Å². The number of azo groups is 1. The predicted molar refractivity (Wildman–Crippen MR) is 246 cm³/mol. The van der Waals surface area contributed by atoms with E-state index in [-0.39, 0.29) is 32.2 Å². The molecule has 1 N–H and O–H groups in total. The van der Waals surface area contributed by atoms with Crippen LogP contribution in [0.1, 0.15) is 145 Å². The Labute approximate surface area is 380 Å². The van der Waals surface area contributed by atoms with Crippen LogP contribution in [0.2, 0.25) is 0 Å². The summed E-state index contributed by atoms with van der Waals surface area (Å²) in [5.41, 5.74) is 3.30. The maximum absolute atomic E-state index is 12.4. The maximum atomic E-state index is 12.4. The van der Waals surface area contributed by atoms with E-state index in [4.69, 9.17) is 23.7 Å². The van der Waals surface area contributed by atoms with E-state index in [1.165, 1.54) is 38.5 Å². The molecular weight excluding hydrogens is 823 g/mol. The molecule has 1 heterocycles. The van der Waals surface area contributed by atoms with Gasteiger partial charge in [0.15, 0.2) is 5.00 Å². The van der Waals surface area contributed by atoms with Gasteiger partial charge in [0.25, 0.3) is 0 Å². The van der Waals surface area contributed by atoms with Gasteiger partial charge >= 0.3 is 17.9 Å². The third kappa shape index (κ3) is 23.7. The molecule has 0 amide bonds. The van der Waals surface area contributed by atoms with Crippen molar-refractivity contribution in [3.8, 4) is 12.1 Å². The molecule has 0 aliphatic heterocycles. The zero-order chi connectivity index (χ0) is 46.1. The summed E-state index contributed by atoms with van der Waals surface area (Å²) in [4.78, 5) is 39.0. The van der Waals surface area contributed by atoms with Crippen molar-refractivity contribution in [2.75, 3.05) is 70.8 Å². The van der Waals surface area contributed by atoms with Crippen molar-refractivity contribution in [3.05, 3.63) is 39.8 Å². The molecule has 0 radical (unpaired) electrons. The molecule has 1 aromatic heterocycles. The van der Waals surface area contributed by atoms with E-state index in [1.54, 1.807) is 6.92 Å². The Kier molecular flexibility index (Phi) is 29.6. The van der Waals surface area contributed by atoms with Gasteiger partial charge in [-0.25, -0.2) is 0 Å². The summed E-state index contributed by atoms with van der Waals surface area (Å²) in [6.45, 7) is 13.3. The predicted octanol–water partition coefficient (Wildman–Crippen LogP) is 11.1. The van der Waals surface area contributed by atoms with Crippen LogP contribution in [0, 0.1) is 48.3 Å². The number of hydrogen-bond acceptors (Lipinski definition) is 14. The van der Waals surface area contributed by atoms with Crippen LogP contribution in [0.25, 0.3) is 0 Å². The zero-order valence-corrected chi connectivity index (χ0v) is 39.4. The second kappa shape index (κ2) is 34.1. The number of carbonyl (C=O) groups excluding carboxylic acids is 2. The molecule has 2 atom stereocenters. The highest BCUT2D eigenvalue weighted by molar-refractivity contribution is 7.16. The average molecular weight is 896 g/mol. The normalized spacial score (nSPS) is 12.2. The van der Waals surface area contributed by atoms with Crippen molar-refractivity contribution in [3.63, 3.8) is 0 Å². The number of carbonyl (C=O) groups is 3. The largest absolute Gasteiger partial charge is 0.481 e. The number of hydrogen-bond donors (Lipinski definition) is 1. The number of anilines is 1. The minimum atomic E-state index is -0.976.